The van der Waals surface area contributed by atoms with Crippen molar-refractivity contribution in [3.63, 3.8) is 0 Å². The Morgan fingerprint density at radius 1 is 1.47 bits per heavy atom. The van der Waals surface area contributed by atoms with E-state index in [-0.39, 0.29) is 12.2 Å². The molecule has 0 radical (unpaired) electrons. The minimum atomic E-state index is -0.204. The molecule has 4 heteroatoms. The number of ether oxygens (including phenoxy) is 1. The van der Waals surface area contributed by atoms with E-state index in [9.17, 15) is 4.79 Å². The van der Waals surface area contributed by atoms with Crippen molar-refractivity contribution in [1.29, 1.82) is 0 Å². The van der Waals surface area contributed by atoms with Crippen LogP contribution in [-0.4, -0.2) is 43.8 Å². The average Bonchev–Trinajstić information content (AvgIpc) is 2.28. The van der Waals surface area contributed by atoms with Gasteiger partial charge in [0.2, 0.25) is 0 Å². The van der Waals surface area contributed by atoms with Crippen LogP contribution in [0.3, 0.4) is 0 Å². The Labute approximate surface area is 92.0 Å². The summed E-state index contributed by atoms with van der Waals surface area (Å²) in [6, 6.07) is 0.327. The summed E-state index contributed by atoms with van der Waals surface area (Å²) < 4.78 is 5.47. The van der Waals surface area contributed by atoms with Gasteiger partial charge < -0.3 is 15.0 Å². The zero-order valence-corrected chi connectivity index (χ0v) is 9.95. The van der Waals surface area contributed by atoms with Gasteiger partial charge in [0.1, 0.15) is 6.10 Å². The third-order valence-electron chi connectivity index (χ3n) is 3.11. The maximum atomic E-state index is 11.6. The summed E-state index contributed by atoms with van der Waals surface area (Å²) >= 11 is 0. The zero-order chi connectivity index (χ0) is 11.3. The minimum Gasteiger partial charge on any atom is -0.444 e. The highest BCUT2D eigenvalue weighted by atomic mass is 16.6. The first-order chi connectivity index (χ1) is 7.19. The molecule has 0 bridgehead atoms. The van der Waals surface area contributed by atoms with Crippen LogP contribution in [-0.2, 0) is 4.74 Å². The van der Waals surface area contributed by atoms with E-state index in [0.29, 0.717) is 12.6 Å². The van der Waals surface area contributed by atoms with Gasteiger partial charge in [0.15, 0.2) is 0 Å². The van der Waals surface area contributed by atoms with Crippen LogP contribution < -0.4 is 5.32 Å². The second-order valence-electron chi connectivity index (χ2n) is 4.12. The maximum Gasteiger partial charge on any atom is 0.409 e. The molecule has 1 rings (SSSR count). The van der Waals surface area contributed by atoms with Crippen molar-refractivity contribution < 1.29 is 9.53 Å². The first-order valence-corrected chi connectivity index (χ1v) is 5.78. The first-order valence-electron chi connectivity index (χ1n) is 5.78. The molecule has 0 aromatic heterocycles. The molecule has 0 saturated heterocycles. The van der Waals surface area contributed by atoms with E-state index >= 15 is 0 Å². The summed E-state index contributed by atoms with van der Waals surface area (Å²) in [6.07, 6.45) is 4.31. The number of rotatable bonds is 3. The molecule has 0 spiro atoms. The summed E-state index contributed by atoms with van der Waals surface area (Å²) in [7, 11) is 3.69. The molecule has 0 heterocycles. The van der Waals surface area contributed by atoms with Gasteiger partial charge >= 0.3 is 6.09 Å². The SMILES string of the molecule is CCN(C)C(=O)OC1CCCCC1NC. The van der Waals surface area contributed by atoms with Gasteiger partial charge in [0.25, 0.3) is 0 Å². The van der Waals surface area contributed by atoms with Gasteiger partial charge in [-0.3, -0.25) is 0 Å². The zero-order valence-electron chi connectivity index (χ0n) is 9.95. The Hall–Kier alpha value is -0.770. The highest BCUT2D eigenvalue weighted by Gasteiger charge is 2.27. The van der Waals surface area contributed by atoms with E-state index in [1.165, 1.54) is 6.42 Å². The summed E-state index contributed by atoms with van der Waals surface area (Å²) in [6.45, 7) is 2.63. The van der Waals surface area contributed by atoms with Crippen molar-refractivity contribution in [2.24, 2.45) is 0 Å². The third kappa shape index (κ3) is 3.38. The number of carbonyl (C=O) groups excluding carboxylic acids is 1. The van der Waals surface area contributed by atoms with Crippen LogP contribution in [0.15, 0.2) is 0 Å². The molecule has 4 nitrogen and oxygen atoms in total. The molecule has 0 aliphatic heterocycles. The smallest absolute Gasteiger partial charge is 0.409 e. The molecule has 1 aliphatic rings. The number of hydrogen-bond donors (Lipinski definition) is 1. The topological polar surface area (TPSA) is 41.6 Å². The number of hydrogen-bond acceptors (Lipinski definition) is 3. The molecule has 15 heavy (non-hydrogen) atoms. The predicted molar refractivity (Wildman–Crippen MR) is 59.9 cm³/mol. The number of likely N-dealkylation sites (N-methyl/N-ethyl adjacent to an activating group) is 1. The van der Waals surface area contributed by atoms with Gasteiger partial charge in [-0.05, 0) is 33.2 Å². The number of nitrogens with one attached hydrogen (secondary N) is 1. The maximum absolute atomic E-state index is 11.6. The summed E-state index contributed by atoms with van der Waals surface area (Å²) in [5.74, 6) is 0. The van der Waals surface area contributed by atoms with Crippen molar-refractivity contribution in [3.05, 3.63) is 0 Å². The fraction of sp³-hybridized carbons (Fsp3) is 0.909. The van der Waals surface area contributed by atoms with Gasteiger partial charge in [0, 0.05) is 19.6 Å². The highest BCUT2D eigenvalue weighted by Crippen LogP contribution is 2.21. The summed E-state index contributed by atoms with van der Waals surface area (Å²) in [5, 5.41) is 3.22. The van der Waals surface area contributed by atoms with E-state index in [4.69, 9.17) is 4.74 Å². The Morgan fingerprint density at radius 3 is 2.73 bits per heavy atom. The van der Waals surface area contributed by atoms with Crippen LogP contribution in [0.1, 0.15) is 32.6 Å². The average molecular weight is 214 g/mol. The van der Waals surface area contributed by atoms with Crippen LogP contribution in [0.4, 0.5) is 4.79 Å². The molecule has 0 aromatic carbocycles. The molecular weight excluding hydrogens is 192 g/mol. The third-order valence-corrected chi connectivity index (χ3v) is 3.11. The lowest BCUT2D eigenvalue weighted by Crippen LogP contribution is -2.44. The fourth-order valence-electron chi connectivity index (χ4n) is 1.92. The predicted octanol–water partition coefficient (Wildman–Crippen LogP) is 1.61. The van der Waals surface area contributed by atoms with E-state index in [1.54, 1.807) is 11.9 Å². The summed E-state index contributed by atoms with van der Waals surface area (Å²) in [4.78, 5) is 13.2. The number of nitrogens with zero attached hydrogens (tertiary/aromatic N) is 1. The molecule has 1 fully saturated rings. The van der Waals surface area contributed by atoms with Gasteiger partial charge in [-0.2, -0.15) is 0 Å². The second kappa shape index (κ2) is 5.95. The van der Waals surface area contributed by atoms with Crippen LogP contribution in [0.2, 0.25) is 0 Å². The van der Waals surface area contributed by atoms with E-state index in [2.05, 4.69) is 5.32 Å². The van der Waals surface area contributed by atoms with Crippen molar-refractivity contribution in [3.8, 4) is 0 Å². The number of amides is 1. The van der Waals surface area contributed by atoms with Crippen molar-refractivity contribution in [2.45, 2.75) is 44.8 Å². The van der Waals surface area contributed by atoms with Crippen LogP contribution >= 0.6 is 0 Å². The molecule has 2 unspecified atom stereocenters. The quantitative estimate of drug-likeness (QED) is 0.776. The molecular formula is C11H22N2O2. The monoisotopic (exact) mass is 214 g/mol. The van der Waals surface area contributed by atoms with E-state index < -0.39 is 0 Å². The van der Waals surface area contributed by atoms with Gasteiger partial charge in [-0.15, -0.1) is 0 Å². The molecule has 2 atom stereocenters. The lowest BCUT2D eigenvalue weighted by Gasteiger charge is -2.31. The largest absolute Gasteiger partial charge is 0.444 e. The van der Waals surface area contributed by atoms with Crippen LogP contribution in [0.5, 0.6) is 0 Å². The Bertz CT molecular complexity index is 209. The lowest BCUT2D eigenvalue weighted by molar-refractivity contribution is 0.0349. The molecule has 1 N–H and O–H groups in total. The van der Waals surface area contributed by atoms with E-state index in [1.807, 2.05) is 14.0 Å². The van der Waals surface area contributed by atoms with Crippen LogP contribution in [0, 0.1) is 0 Å². The molecule has 0 aromatic rings. The minimum absolute atomic E-state index is 0.0465. The van der Waals surface area contributed by atoms with Crippen molar-refractivity contribution in [1.82, 2.24) is 10.2 Å². The molecule has 1 aliphatic carbocycles. The Morgan fingerprint density at radius 2 is 2.13 bits per heavy atom. The fourth-order valence-corrected chi connectivity index (χ4v) is 1.92. The van der Waals surface area contributed by atoms with Crippen molar-refractivity contribution in [2.75, 3.05) is 20.6 Å². The normalized spacial score (nSPS) is 26.1. The second-order valence-corrected chi connectivity index (χ2v) is 4.12. The Balaban J connectivity index is 2.44. The molecule has 1 amide bonds. The van der Waals surface area contributed by atoms with Gasteiger partial charge in [0.05, 0.1) is 0 Å². The molecule has 88 valence electrons. The number of carbonyl (C=O) groups is 1. The standard InChI is InChI=1S/C11H22N2O2/c1-4-13(3)11(14)15-10-8-6-5-7-9(10)12-2/h9-10,12H,4-8H2,1-3H3. The Kier molecular flexibility index (Phi) is 4.88. The van der Waals surface area contributed by atoms with Gasteiger partial charge in [-0.25, -0.2) is 4.79 Å². The van der Waals surface area contributed by atoms with Crippen molar-refractivity contribution >= 4 is 6.09 Å². The van der Waals surface area contributed by atoms with Gasteiger partial charge in [-0.1, -0.05) is 6.42 Å². The molecule has 1 saturated carbocycles. The van der Waals surface area contributed by atoms with E-state index in [0.717, 1.165) is 19.3 Å². The first kappa shape index (κ1) is 12.3. The summed E-state index contributed by atoms with van der Waals surface area (Å²) in [5.41, 5.74) is 0. The lowest BCUT2D eigenvalue weighted by atomic mass is 9.92. The highest BCUT2D eigenvalue weighted by molar-refractivity contribution is 5.67. The van der Waals surface area contributed by atoms with Crippen LogP contribution in [0.25, 0.3) is 0 Å².